The van der Waals surface area contributed by atoms with E-state index >= 15 is 0 Å². The van der Waals surface area contributed by atoms with Gasteiger partial charge in [-0.2, -0.15) is 18.3 Å². The predicted octanol–water partition coefficient (Wildman–Crippen LogP) is 4.19. The maximum atomic E-state index is 13.3. The zero-order chi connectivity index (χ0) is 24.5. The quantitative estimate of drug-likeness (QED) is 0.320. The van der Waals surface area contributed by atoms with Crippen LogP contribution in [0.1, 0.15) is 16.2 Å². The standard InChI is InChI=1S/C22H18F3N5O4/c1-34-19-13-28(17-5-3-2-4-16(17)19)11-10-26-21(31)18-12-20(22(23,24)25)27-29(18)14-6-8-15(9-7-14)30(32)33/h2-9,12-13H,10-11H2,1H3,(H,26,31). The molecule has 0 saturated heterocycles. The number of hydrogen-bond donors (Lipinski definition) is 1. The number of alkyl halides is 3. The number of methoxy groups -OCH3 is 1. The monoisotopic (exact) mass is 473 g/mol. The van der Waals surface area contributed by atoms with Gasteiger partial charge in [-0.15, -0.1) is 0 Å². The first-order valence-electron chi connectivity index (χ1n) is 10.0. The molecule has 2 heterocycles. The lowest BCUT2D eigenvalue weighted by atomic mass is 10.2. The highest BCUT2D eigenvalue weighted by molar-refractivity contribution is 5.93. The number of amides is 1. The van der Waals surface area contributed by atoms with E-state index in [1.54, 1.807) is 13.3 Å². The predicted molar refractivity (Wildman–Crippen MR) is 116 cm³/mol. The van der Waals surface area contributed by atoms with E-state index in [0.717, 1.165) is 27.7 Å². The molecule has 1 N–H and O–H groups in total. The molecule has 9 nitrogen and oxygen atoms in total. The summed E-state index contributed by atoms with van der Waals surface area (Å²) in [6.45, 7) is 0.459. The fraction of sp³-hybridized carbons (Fsp3) is 0.182. The number of nitrogens with zero attached hydrogens (tertiary/aromatic N) is 4. The molecule has 4 aromatic rings. The van der Waals surface area contributed by atoms with Gasteiger partial charge in [0.25, 0.3) is 11.6 Å². The highest BCUT2D eigenvalue weighted by atomic mass is 19.4. The van der Waals surface area contributed by atoms with E-state index in [1.165, 1.54) is 12.1 Å². The Bertz CT molecular complexity index is 1360. The molecule has 0 aliphatic heterocycles. The van der Waals surface area contributed by atoms with Gasteiger partial charge in [0.1, 0.15) is 11.4 Å². The van der Waals surface area contributed by atoms with Crippen LogP contribution in [0, 0.1) is 10.1 Å². The van der Waals surface area contributed by atoms with Crippen molar-refractivity contribution in [3.8, 4) is 11.4 Å². The molecule has 0 bridgehead atoms. The number of nitro benzene ring substituents is 1. The summed E-state index contributed by atoms with van der Waals surface area (Å²) in [5.41, 5.74) is -0.892. The highest BCUT2D eigenvalue weighted by Crippen LogP contribution is 2.30. The van der Waals surface area contributed by atoms with E-state index in [9.17, 15) is 28.1 Å². The molecule has 2 aromatic heterocycles. The Morgan fingerprint density at radius 2 is 1.88 bits per heavy atom. The van der Waals surface area contributed by atoms with E-state index in [-0.39, 0.29) is 23.6 Å². The summed E-state index contributed by atoms with van der Waals surface area (Å²) in [6.07, 6.45) is -3.00. The molecular weight excluding hydrogens is 455 g/mol. The summed E-state index contributed by atoms with van der Waals surface area (Å²) >= 11 is 0. The molecule has 0 aliphatic rings. The lowest BCUT2D eigenvalue weighted by molar-refractivity contribution is -0.384. The third-order valence-corrected chi connectivity index (χ3v) is 5.15. The van der Waals surface area contributed by atoms with Crippen LogP contribution in [-0.4, -0.2) is 38.8 Å². The van der Waals surface area contributed by atoms with Crippen LogP contribution in [0.4, 0.5) is 18.9 Å². The number of carbonyl (C=O) groups excluding carboxylic acids is 1. The average molecular weight is 473 g/mol. The molecule has 2 aromatic carbocycles. The van der Waals surface area contributed by atoms with Gasteiger partial charge < -0.3 is 14.6 Å². The number of hydrogen-bond acceptors (Lipinski definition) is 5. The van der Waals surface area contributed by atoms with Crippen LogP contribution in [0.25, 0.3) is 16.6 Å². The number of rotatable bonds is 7. The minimum Gasteiger partial charge on any atom is -0.495 e. The molecule has 0 spiro atoms. The molecule has 0 atom stereocenters. The number of para-hydroxylation sites is 1. The van der Waals surface area contributed by atoms with Crippen molar-refractivity contribution < 1.29 is 27.6 Å². The zero-order valence-electron chi connectivity index (χ0n) is 17.7. The number of non-ortho nitro benzene ring substituents is 1. The second kappa shape index (κ2) is 8.89. The van der Waals surface area contributed by atoms with Crippen LogP contribution in [0.2, 0.25) is 0 Å². The van der Waals surface area contributed by atoms with Gasteiger partial charge in [0, 0.05) is 42.9 Å². The number of ether oxygens (including phenoxy) is 1. The normalized spacial score (nSPS) is 11.5. The van der Waals surface area contributed by atoms with Gasteiger partial charge in [0.05, 0.1) is 23.2 Å². The number of halogens is 3. The third kappa shape index (κ3) is 4.42. The van der Waals surface area contributed by atoms with E-state index in [2.05, 4.69) is 10.4 Å². The van der Waals surface area contributed by atoms with E-state index in [4.69, 9.17) is 4.74 Å². The third-order valence-electron chi connectivity index (χ3n) is 5.15. The maximum absolute atomic E-state index is 13.3. The molecule has 0 unspecified atom stereocenters. The molecule has 34 heavy (non-hydrogen) atoms. The number of benzene rings is 2. The first-order chi connectivity index (χ1) is 16.2. The Hall–Kier alpha value is -4.35. The Morgan fingerprint density at radius 1 is 1.18 bits per heavy atom. The van der Waals surface area contributed by atoms with Crippen LogP contribution in [0.15, 0.2) is 60.8 Å². The summed E-state index contributed by atoms with van der Waals surface area (Å²) in [7, 11) is 1.55. The minimum atomic E-state index is -4.78. The number of nitro groups is 1. The van der Waals surface area contributed by atoms with E-state index in [0.29, 0.717) is 18.4 Å². The number of aromatic nitrogens is 3. The first kappa shape index (κ1) is 22.8. The second-order valence-corrected chi connectivity index (χ2v) is 7.26. The summed E-state index contributed by atoms with van der Waals surface area (Å²) < 4.78 is 47.9. The van der Waals surface area contributed by atoms with Crippen molar-refractivity contribution in [2.45, 2.75) is 12.7 Å². The van der Waals surface area contributed by atoms with Gasteiger partial charge >= 0.3 is 6.18 Å². The Labute approximate surface area is 190 Å². The van der Waals surface area contributed by atoms with Crippen LogP contribution in [0.5, 0.6) is 5.75 Å². The number of carbonyl (C=O) groups is 1. The number of fused-ring (bicyclic) bond motifs is 1. The topological polar surface area (TPSA) is 104 Å². The molecule has 0 radical (unpaired) electrons. The van der Waals surface area contributed by atoms with Crippen molar-refractivity contribution in [3.63, 3.8) is 0 Å². The summed E-state index contributed by atoms with van der Waals surface area (Å²) in [5.74, 6) is -0.113. The van der Waals surface area contributed by atoms with Gasteiger partial charge in [-0.1, -0.05) is 12.1 Å². The van der Waals surface area contributed by atoms with Crippen molar-refractivity contribution in [1.82, 2.24) is 19.7 Å². The van der Waals surface area contributed by atoms with Gasteiger partial charge in [-0.05, 0) is 24.3 Å². The van der Waals surface area contributed by atoms with Gasteiger partial charge in [0.15, 0.2) is 5.69 Å². The minimum absolute atomic E-state index is 0.0763. The smallest absolute Gasteiger partial charge is 0.435 e. The van der Waals surface area contributed by atoms with Crippen molar-refractivity contribution in [3.05, 3.63) is 82.3 Å². The maximum Gasteiger partial charge on any atom is 0.435 e. The fourth-order valence-electron chi connectivity index (χ4n) is 3.53. The Kier molecular flexibility index (Phi) is 5.97. The second-order valence-electron chi connectivity index (χ2n) is 7.26. The van der Waals surface area contributed by atoms with Crippen LogP contribution >= 0.6 is 0 Å². The van der Waals surface area contributed by atoms with E-state index in [1.807, 2.05) is 28.8 Å². The van der Waals surface area contributed by atoms with Crippen LogP contribution in [-0.2, 0) is 12.7 Å². The summed E-state index contributed by atoms with van der Waals surface area (Å²) in [4.78, 5) is 23.0. The SMILES string of the molecule is COc1cn(CCNC(=O)c2cc(C(F)(F)F)nn2-c2ccc([N+](=O)[O-])cc2)c2ccccc12. The molecule has 0 saturated carbocycles. The Balaban J connectivity index is 1.57. The largest absolute Gasteiger partial charge is 0.495 e. The molecule has 1 amide bonds. The fourth-order valence-corrected chi connectivity index (χ4v) is 3.53. The van der Waals surface area contributed by atoms with Crippen molar-refractivity contribution in [2.75, 3.05) is 13.7 Å². The first-order valence-corrected chi connectivity index (χ1v) is 10.0. The molecule has 0 fully saturated rings. The van der Waals surface area contributed by atoms with Crippen LogP contribution < -0.4 is 10.1 Å². The molecule has 4 rings (SSSR count). The molecular formula is C22H18F3N5O4. The van der Waals surface area contributed by atoms with Crippen LogP contribution in [0.3, 0.4) is 0 Å². The lowest BCUT2D eigenvalue weighted by Gasteiger charge is -2.09. The number of nitrogens with one attached hydrogen (secondary N) is 1. The Morgan fingerprint density at radius 3 is 2.53 bits per heavy atom. The van der Waals surface area contributed by atoms with Gasteiger partial charge in [0.2, 0.25) is 0 Å². The molecule has 176 valence electrons. The molecule has 0 aliphatic carbocycles. The zero-order valence-corrected chi connectivity index (χ0v) is 17.7. The average Bonchev–Trinajstić information content (AvgIpc) is 3.42. The highest BCUT2D eigenvalue weighted by Gasteiger charge is 2.36. The van der Waals surface area contributed by atoms with Gasteiger partial charge in [-0.3, -0.25) is 14.9 Å². The van der Waals surface area contributed by atoms with Gasteiger partial charge in [-0.25, -0.2) is 4.68 Å². The summed E-state index contributed by atoms with van der Waals surface area (Å²) in [6, 6.07) is 12.8. The lowest BCUT2D eigenvalue weighted by Crippen LogP contribution is -2.29. The van der Waals surface area contributed by atoms with Crippen molar-refractivity contribution in [2.24, 2.45) is 0 Å². The summed E-state index contributed by atoms with van der Waals surface area (Å²) in [5, 5.41) is 17.9. The van der Waals surface area contributed by atoms with Crippen molar-refractivity contribution >= 4 is 22.5 Å². The molecule has 12 heteroatoms. The van der Waals surface area contributed by atoms with E-state index < -0.39 is 22.7 Å². The van der Waals surface area contributed by atoms with Crippen molar-refractivity contribution in [1.29, 1.82) is 0 Å².